The minimum absolute atomic E-state index is 0.347. The molecule has 17 heavy (non-hydrogen) atoms. The number of methoxy groups -OCH3 is 1. The van der Waals surface area contributed by atoms with Crippen LogP contribution in [0.1, 0.15) is 6.92 Å². The highest BCUT2D eigenvalue weighted by Crippen LogP contribution is 2.25. The zero-order valence-corrected chi connectivity index (χ0v) is 9.97. The van der Waals surface area contributed by atoms with E-state index >= 15 is 0 Å². The first-order chi connectivity index (χ1) is 8.17. The van der Waals surface area contributed by atoms with Crippen molar-refractivity contribution in [1.82, 2.24) is 0 Å². The number of ether oxygens (including phenoxy) is 3. The third-order valence-corrected chi connectivity index (χ3v) is 2.11. The van der Waals surface area contributed by atoms with Crippen LogP contribution < -0.4 is 15.2 Å². The van der Waals surface area contributed by atoms with Crippen molar-refractivity contribution in [2.45, 2.75) is 13.0 Å². The summed E-state index contributed by atoms with van der Waals surface area (Å²) in [5.41, 5.74) is 6.28. The predicted octanol–water partition coefficient (Wildman–Crippen LogP) is 1.58. The Bertz CT molecular complexity index is 401. The number of nitrogens with zero attached hydrogens (tertiary/aromatic N) is 1. The molecule has 1 atom stereocenters. The van der Waals surface area contributed by atoms with E-state index in [4.69, 9.17) is 25.2 Å². The number of hydrogen-bond acceptors (Lipinski definition) is 5. The molecular weight excluding hydrogens is 220 g/mol. The molecule has 0 radical (unpaired) electrons. The fourth-order valence-electron chi connectivity index (χ4n) is 1.20. The molecule has 1 unspecified atom stereocenters. The monoisotopic (exact) mass is 236 g/mol. The Morgan fingerprint density at radius 2 is 2.18 bits per heavy atom. The molecule has 0 aliphatic heterocycles. The Kier molecular flexibility index (Phi) is 5.11. The topological polar surface area (TPSA) is 77.5 Å². The molecule has 0 aliphatic carbocycles. The molecule has 0 spiro atoms. The Morgan fingerprint density at radius 3 is 2.76 bits per heavy atom. The van der Waals surface area contributed by atoms with Gasteiger partial charge in [-0.1, -0.05) is 0 Å². The first-order valence-corrected chi connectivity index (χ1v) is 5.25. The maximum atomic E-state index is 8.50. The number of anilines is 1. The molecule has 0 fully saturated rings. The van der Waals surface area contributed by atoms with E-state index in [0.29, 0.717) is 30.4 Å². The highest BCUT2D eigenvalue weighted by molar-refractivity contribution is 5.56. The van der Waals surface area contributed by atoms with Crippen LogP contribution in [0.15, 0.2) is 18.2 Å². The molecule has 1 rings (SSSR count). The van der Waals surface area contributed by atoms with Gasteiger partial charge in [-0.25, -0.2) is 0 Å². The van der Waals surface area contributed by atoms with Crippen molar-refractivity contribution in [2.75, 3.05) is 26.1 Å². The van der Waals surface area contributed by atoms with Crippen LogP contribution in [0.25, 0.3) is 0 Å². The Balaban J connectivity index is 2.40. The van der Waals surface area contributed by atoms with E-state index < -0.39 is 6.10 Å². The molecular formula is C12H16N2O3. The average molecular weight is 236 g/mol. The zero-order valence-electron chi connectivity index (χ0n) is 9.97. The summed E-state index contributed by atoms with van der Waals surface area (Å²) in [6, 6.07) is 7.17. The molecule has 0 bridgehead atoms. The quantitative estimate of drug-likeness (QED) is 0.599. The average Bonchev–Trinajstić information content (AvgIpc) is 2.35. The molecule has 5 nitrogen and oxygen atoms in total. The third kappa shape index (κ3) is 4.21. The van der Waals surface area contributed by atoms with Gasteiger partial charge < -0.3 is 19.9 Å². The second kappa shape index (κ2) is 6.61. The Morgan fingerprint density at radius 1 is 1.41 bits per heavy atom. The van der Waals surface area contributed by atoms with Gasteiger partial charge in [0.05, 0.1) is 25.5 Å². The fraction of sp³-hybridized carbons (Fsp3) is 0.417. The summed E-state index contributed by atoms with van der Waals surface area (Å²) in [4.78, 5) is 0. The standard InChI is InChI=1S/C12H16N2O3/c1-9(8-13)16-5-6-17-12-4-3-10(15-2)7-11(12)14/h3-4,7,9H,5-6,14H2,1-2H3. The van der Waals surface area contributed by atoms with E-state index in [1.165, 1.54) is 0 Å². The van der Waals surface area contributed by atoms with Gasteiger partial charge in [0.1, 0.15) is 24.2 Å². The molecule has 0 heterocycles. The maximum Gasteiger partial charge on any atom is 0.142 e. The van der Waals surface area contributed by atoms with Crippen LogP contribution in [0.3, 0.4) is 0 Å². The van der Waals surface area contributed by atoms with Crippen LogP contribution in [-0.4, -0.2) is 26.4 Å². The van der Waals surface area contributed by atoms with Gasteiger partial charge in [-0.3, -0.25) is 0 Å². The summed E-state index contributed by atoms with van der Waals surface area (Å²) in [5.74, 6) is 1.27. The predicted molar refractivity (Wildman–Crippen MR) is 63.9 cm³/mol. The van der Waals surface area contributed by atoms with E-state index in [1.807, 2.05) is 6.07 Å². The SMILES string of the molecule is COc1ccc(OCCOC(C)C#N)c(N)c1. The van der Waals surface area contributed by atoms with Crippen molar-refractivity contribution in [2.24, 2.45) is 0 Å². The van der Waals surface area contributed by atoms with Gasteiger partial charge in [-0.05, 0) is 19.1 Å². The summed E-state index contributed by atoms with van der Waals surface area (Å²) in [6.45, 7) is 2.38. The summed E-state index contributed by atoms with van der Waals surface area (Å²) >= 11 is 0. The van der Waals surface area contributed by atoms with Gasteiger partial charge in [0.15, 0.2) is 0 Å². The molecule has 2 N–H and O–H groups in total. The van der Waals surface area contributed by atoms with Crippen LogP contribution in [0, 0.1) is 11.3 Å². The smallest absolute Gasteiger partial charge is 0.142 e. The van der Waals surface area contributed by atoms with E-state index in [9.17, 15) is 0 Å². The molecule has 0 aromatic heterocycles. The lowest BCUT2D eigenvalue weighted by Crippen LogP contribution is -2.13. The number of nitrogens with two attached hydrogens (primary N) is 1. The normalized spacial score (nSPS) is 11.6. The van der Waals surface area contributed by atoms with Crippen LogP contribution in [0.2, 0.25) is 0 Å². The van der Waals surface area contributed by atoms with Gasteiger partial charge in [-0.2, -0.15) is 5.26 Å². The van der Waals surface area contributed by atoms with Crippen LogP contribution in [-0.2, 0) is 4.74 Å². The third-order valence-electron chi connectivity index (χ3n) is 2.11. The molecule has 1 aromatic rings. The molecule has 92 valence electrons. The second-order valence-corrected chi connectivity index (χ2v) is 3.39. The molecule has 0 amide bonds. The Hall–Kier alpha value is -1.93. The molecule has 5 heteroatoms. The number of benzene rings is 1. The molecule has 0 aliphatic rings. The van der Waals surface area contributed by atoms with Crippen molar-refractivity contribution in [3.05, 3.63) is 18.2 Å². The van der Waals surface area contributed by atoms with Gasteiger partial charge in [0.25, 0.3) is 0 Å². The largest absolute Gasteiger partial charge is 0.497 e. The van der Waals surface area contributed by atoms with Crippen LogP contribution in [0.5, 0.6) is 11.5 Å². The van der Waals surface area contributed by atoms with Gasteiger partial charge in [0.2, 0.25) is 0 Å². The van der Waals surface area contributed by atoms with Crippen molar-refractivity contribution >= 4 is 5.69 Å². The van der Waals surface area contributed by atoms with Crippen LogP contribution in [0.4, 0.5) is 5.69 Å². The summed E-state index contributed by atoms with van der Waals surface area (Å²) in [7, 11) is 1.58. The lowest BCUT2D eigenvalue weighted by molar-refractivity contribution is 0.0746. The summed E-state index contributed by atoms with van der Waals surface area (Å²) in [5, 5.41) is 8.50. The van der Waals surface area contributed by atoms with Gasteiger partial charge in [-0.15, -0.1) is 0 Å². The fourth-order valence-corrected chi connectivity index (χ4v) is 1.20. The molecule has 1 aromatic carbocycles. The highest BCUT2D eigenvalue weighted by atomic mass is 16.5. The van der Waals surface area contributed by atoms with E-state index in [2.05, 4.69) is 0 Å². The van der Waals surface area contributed by atoms with Crippen LogP contribution >= 0.6 is 0 Å². The second-order valence-electron chi connectivity index (χ2n) is 3.39. The number of rotatable bonds is 6. The minimum atomic E-state index is -0.424. The van der Waals surface area contributed by atoms with Crippen molar-refractivity contribution < 1.29 is 14.2 Å². The number of nitriles is 1. The van der Waals surface area contributed by atoms with Gasteiger partial charge >= 0.3 is 0 Å². The summed E-state index contributed by atoms with van der Waals surface area (Å²) < 4.78 is 15.6. The Labute approximate surface area is 101 Å². The first-order valence-electron chi connectivity index (χ1n) is 5.25. The van der Waals surface area contributed by atoms with Gasteiger partial charge in [0, 0.05) is 6.07 Å². The van der Waals surface area contributed by atoms with E-state index in [-0.39, 0.29) is 0 Å². The highest BCUT2D eigenvalue weighted by Gasteiger charge is 2.03. The van der Waals surface area contributed by atoms with E-state index in [0.717, 1.165) is 0 Å². The maximum absolute atomic E-state index is 8.50. The number of nitrogen functional groups attached to an aromatic ring is 1. The first kappa shape index (κ1) is 13.1. The van der Waals surface area contributed by atoms with E-state index in [1.54, 1.807) is 32.2 Å². The molecule has 0 saturated carbocycles. The van der Waals surface area contributed by atoms with Crippen molar-refractivity contribution in [3.63, 3.8) is 0 Å². The lowest BCUT2D eigenvalue weighted by atomic mass is 10.3. The zero-order chi connectivity index (χ0) is 12.7. The minimum Gasteiger partial charge on any atom is -0.497 e. The lowest BCUT2D eigenvalue weighted by Gasteiger charge is -2.10. The van der Waals surface area contributed by atoms with Crippen molar-refractivity contribution in [1.29, 1.82) is 5.26 Å². The summed E-state index contributed by atoms with van der Waals surface area (Å²) in [6.07, 6.45) is -0.424. The van der Waals surface area contributed by atoms with Crippen molar-refractivity contribution in [3.8, 4) is 17.6 Å². The number of hydrogen-bond donors (Lipinski definition) is 1. The molecule has 0 saturated heterocycles.